The van der Waals surface area contributed by atoms with Crippen LogP contribution in [-0.2, 0) is 29.0 Å². The average Bonchev–Trinajstić information content (AvgIpc) is 3.56. The Kier molecular flexibility index (Phi) is 6.68. The molecule has 0 aliphatic carbocycles. The molecule has 3 heterocycles. The van der Waals surface area contributed by atoms with Crippen LogP contribution in [0.3, 0.4) is 0 Å². The molecule has 3 aromatic carbocycles. The van der Waals surface area contributed by atoms with E-state index in [0.717, 1.165) is 57.8 Å². The Labute approximate surface area is 222 Å². The van der Waals surface area contributed by atoms with Gasteiger partial charge in [0, 0.05) is 23.1 Å². The summed E-state index contributed by atoms with van der Waals surface area (Å²) in [5.74, 6) is 2.53. The third kappa shape index (κ3) is 4.70. The first-order valence-corrected chi connectivity index (χ1v) is 13.1. The topological polar surface area (TPSA) is 73.0 Å². The van der Waals surface area contributed by atoms with E-state index in [1.54, 1.807) is 7.11 Å². The Morgan fingerprint density at radius 1 is 1.05 bits per heavy atom. The predicted octanol–water partition coefficient (Wildman–Crippen LogP) is 5.43. The van der Waals surface area contributed by atoms with Gasteiger partial charge in [-0.3, -0.25) is 4.79 Å². The van der Waals surface area contributed by atoms with Crippen molar-refractivity contribution in [3.63, 3.8) is 0 Å². The molecule has 1 N–H and O–H groups in total. The van der Waals surface area contributed by atoms with Gasteiger partial charge in [0.05, 0.1) is 19.8 Å². The van der Waals surface area contributed by atoms with Crippen LogP contribution in [0.5, 0.6) is 17.2 Å². The number of aromatic amines is 1. The minimum absolute atomic E-state index is 0.00496. The zero-order chi connectivity index (χ0) is 26.1. The first-order valence-electron chi connectivity index (χ1n) is 13.1. The van der Waals surface area contributed by atoms with E-state index in [1.165, 1.54) is 5.56 Å². The Hall–Kier alpha value is -3.97. The first-order chi connectivity index (χ1) is 18.6. The van der Waals surface area contributed by atoms with E-state index < -0.39 is 0 Å². The van der Waals surface area contributed by atoms with E-state index in [2.05, 4.69) is 30.1 Å². The monoisotopic (exact) mass is 512 g/mol. The van der Waals surface area contributed by atoms with Crippen LogP contribution in [0.2, 0.25) is 0 Å². The van der Waals surface area contributed by atoms with Gasteiger partial charge >= 0.3 is 0 Å². The van der Waals surface area contributed by atoms with Crippen LogP contribution in [0.25, 0.3) is 10.9 Å². The molecule has 2 aliphatic heterocycles. The highest BCUT2D eigenvalue weighted by Crippen LogP contribution is 2.41. The number of benzene rings is 3. The van der Waals surface area contributed by atoms with Crippen molar-refractivity contribution in [1.29, 1.82) is 0 Å². The summed E-state index contributed by atoms with van der Waals surface area (Å²) in [4.78, 5) is 19.2. The molecule has 1 amide bonds. The molecular weight excluding hydrogens is 480 g/mol. The zero-order valence-electron chi connectivity index (χ0n) is 21.7. The predicted molar refractivity (Wildman–Crippen MR) is 145 cm³/mol. The minimum Gasteiger partial charge on any atom is -0.497 e. The molecule has 196 valence electrons. The van der Waals surface area contributed by atoms with Crippen LogP contribution in [0.15, 0.2) is 66.7 Å². The number of carbonyl (C=O) groups excluding carboxylic acids is 1. The number of aromatic nitrogens is 1. The molecule has 2 atom stereocenters. The number of carbonyl (C=O) groups is 1. The highest BCUT2D eigenvalue weighted by Gasteiger charge is 2.37. The number of fused-ring (bicyclic) bond motifs is 4. The maximum absolute atomic E-state index is 13.6. The number of rotatable bonds is 8. The lowest BCUT2D eigenvalue weighted by molar-refractivity contribution is -0.140. The van der Waals surface area contributed by atoms with E-state index in [-0.39, 0.29) is 31.3 Å². The lowest BCUT2D eigenvalue weighted by Gasteiger charge is -2.39. The number of methoxy groups -OCH3 is 1. The highest BCUT2D eigenvalue weighted by molar-refractivity contribution is 5.87. The Morgan fingerprint density at radius 2 is 1.89 bits per heavy atom. The fourth-order valence-electron chi connectivity index (χ4n) is 5.76. The second kappa shape index (κ2) is 10.4. The number of amides is 1. The second-order valence-corrected chi connectivity index (χ2v) is 10.1. The molecule has 38 heavy (non-hydrogen) atoms. The molecule has 1 aromatic heterocycles. The van der Waals surface area contributed by atoms with Gasteiger partial charge in [-0.2, -0.15) is 0 Å². The normalized spacial score (nSPS) is 16.9. The number of nitrogens with one attached hydrogen (secondary N) is 1. The molecule has 2 unspecified atom stereocenters. The van der Waals surface area contributed by atoms with Gasteiger partial charge in [-0.05, 0) is 65.8 Å². The van der Waals surface area contributed by atoms with Gasteiger partial charge in [0.25, 0.3) is 0 Å². The molecule has 0 radical (unpaired) electrons. The lowest BCUT2D eigenvalue weighted by atomic mass is 9.85. The Morgan fingerprint density at radius 3 is 2.74 bits per heavy atom. The SMILES string of the molecule is COc1ccc2[nH]c3c(c2c1)CCN(C(=O)COCc1ccccc1)C3C(C)Cc1ccc2c(c1)OCO2. The molecule has 0 saturated carbocycles. The number of nitrogens with zero attached hydrogens (tertiary/aromatic N) is 1. The fourth-order valence-corrected chi connectivity index (χ4v) is 5.76. The summed E-state index contributed by atoms with van der Waals surface area (Å²) in [6.07, 6.45) is 1.56. The highest BCUT2D eigenvalue weighted by atomic mass is 16.7. The summed E-state index contributed by atoms with van der Waals surface area (Å²) >= 11 is 0. The minimum atomic E-state index is -0.115. The molecule has 0 saturated heterocycles. The molecule has 4 aromatic rings. The summed E-state index contributed by atoms with van der Waals surface area (Å²) in [5.41, 5.74) is 5.63. The molecule has 2 aliphatic rings. The average molecular weight is 513 g/mol. The van der Waals surface area contributed by atoms with Crippen molar-refractivity contribution >= 4 is 16.8 Å². The van der Waals surface area contributed by atoms with Crippen molar-refractivity contribution in [2.75, 3.05) is 27.1 Å². The smallest absolute Gasteiger partial charge is 0.249 e. The van der Waals surface area contributed by atoms with Crippen molar-refractivity contribution in [2.24, 2.45) is 5.92 Å². The van der Waals surface area contributed by atoms with Crippen LogP contribution in [0.4, 0.5) is 0 Å². The van der Waals surface area contributed by atoms with E-state index in [0.29, 0.717) is 13.2 Å². The van der Waals surface area contributed by atoms with E-state index in [4.69, 9.17) is 18.9 Å². The number of ether oxygens (including phenoxy) is 4. The number of H-pyrrole nitrogens is 1. The zero-order valence-corrected chi connectivity index (χ0v) is 21.7. The van der Waals surface area contributed by atoms with Crippen molar-refractivity contribution in [3.05, 3.63) is 89.1 Å². The molecule has 0 spiro atoms. The number of hydrogen-bond acceptors (Lipinski definition) is 5. The van der Waals surface area contributed by atoms with Crippen LogP contribution >= 0.6 is 0 Å². The Bertz CT molecular complexity index is 1450. The molecule has 7 nitrogen and oxygen atoms in total. The molecule has 7 heteroatoms. The molecule has 6 rings (SSSR count). The van der Waals surface area contributed by atoms with E-state index >= 15 is 0 Å². The van der Waals surface area contributed by atoms with Crippen molar-refractivity contribution in [1.82, 2.24) is 9.88 Å². The van der Waals surface area contributed by atoms with Gasteiger partial charge in [0.2, 0.25) is 12.7 Å². The van der Waals surface area contributed by atoms with Gasteiger partial charge in [-0.1, -0.05) is 43.3 Å². The summed E-state index contributed by atoms with van der Waals surface area (Å²) < 4.78 is 22.4. The third-order valence-electron chi connectivity index (χ3n) is 7.57. The molecule has 0 fully saturated rings. The maximum Gasteiger partial charge on any atom is 0.249 e. The van der Waals surface area contributed by atoms with Crippen LogP contribution in [-0.4, -0.2) is 42.8 Å². The largest absolute Gasteiger partial charge is 0.497 e. The summed E-state index contributed by atoms with van der Waals surface area (Å²) in [6, 6.07) is 22.0. The van der Waals surface area contributed by atoms with Gasteiger partial charge in [-0.25, -0.2) is 0 Å². The molecule has 0 bridgehead atoms. The van der Waals surface area contributed by atoms with Gasteiger partial charge in [0.1, 0.15) is 12.4 Å². The quantitative estimate of drug-likeness (QED) is 0.341. The maximum atomic E-state index is 13.6. The molecular formula is C31H32N2O5. The first kappa shape index (κ1) is 24.4. The number of hydrogen-bond donors (Lipinski definition) is 1. The third-order valence-corrected chi connectivity index (χ3v) is 7.57. The summed E-state index contributed by atoms with van der Waals surface area (Å²) in [7, 11) is 1.69. The van der Waals surface area contributed by atoms with Crippen molar-refractivity contribution < 1.29 is 23.7 Å². The fraction of sp³-hybridized carbons (Fsp3) is 0.323. The van der Waals surface area contributed by atoms with Crippen LogP contribution < -0.4 is 14.2 Å². The van der Waals surface area contributed by atoms with Crippen LogP contribution in [0, 0.1) is 5.92 Å². The van der Waals surface area contributed by atoms with Gasteiger partial charge in [0.15, 0.2) is 11.5 Å². The Balaban J connectivity index is 1.28. The van der Waals surface area contributed by atoms with Crippen LogP contribution in [0.1, 0.15) is 35.3 Å². The van der Waals surface area contributed by atoms with Crippen molar-refractivity contribution in [3.8, 4) is 17.2 Å². The van der Waals surface area contributed by atoms with Gasteiger partial charge < -0.3 is 28.8 Å². The van der Waals surface area contributed by atoms with E-state index in [9.17, 15) is 4.79 Å². The van der Waals surface area contributed by atoms with E-state index in [1.807, 2.05) is 53.4 Å². The second-order valence-electron chi connectivity index (χ2n) is 10.1. The summed E-state index contributed by atoms with van der Waals surface area (Å²) in [5, 5.41) is 1.16. The summed E-state index contributed by atoms with van der Waals surface area (Å²) in [6.45, 7) is 3.56. The standard InChI is InChI=1S/C31H32N2O5/c1-20(14-22-8-11-27-28(15-22)38-19-37-27)31-30-24(25-16-23(35-2)9-10-26(25)32-30)12-13-33(31)29(34)18-36-17-21-6-4-3-5-7-21/h3-11,15-16,20,31-32H,12-14,17-19H2,1-2H3. The van der Waals surface area contributed by atoms with Crippen molar-refractivity contribution in [2.45, 2.75) is 32.4 Å². The lowest BCUT2D eigenvalue weighted by Crippen LogP contribution is -2.44. The van der Waals surface area contributed by atoms with Gasteiger partial charge in [-0.15, -0.1) is 0 Å².